The Hall–Kier alpha value is -1.60. The standard InChI is InChI=1S/C10H11BrN2O4/c1-16-8-4-6(11)2-3-7(8)10(15)13-17-5-9(12)14/h2-4H,5H2,1H3,(H2,12,14)(H,13,15). The summed E-state index contributed by atoms with van der Waals surface area (Å²) in [5.41, 5.74) is 7.23. The van der Waals surface area contributed by atoms with Crippen LogP contribution in [0.1, 0.15) is 10.4 Å². The molecule has 0 bridgehead atoms. The molecule has 1 aromatic rings. The van der Waals surface area contributed by atoms with Gasteiger partial charge in [0.15, 0.2) is 6.61 Å². The normalized spacial score (nSPS) is 9.76. The number of ether oxygens (including phenoxy) is 1. The van der Waals surface area contributed by atoms with Crippen LogP contribution in [0.4, 0.5) is 0 Å². The Kier molecular flexibility index (Phi) is 4.92. The highest BCUT2D eigenvalue weighted by Crippen LogP contribution is 2.23. The predicted molar refractivity (Wildman–Crippen MR) is 63.3 cm³/mol. The van der Waals surface area contributed by atoms with Crippen molar-refractivity contribution in [3.63, 3.8) is 0 Å². The summed E-state index contributed by atoms with van der Waals surface area (Å²) in [6, 6.07) is 4.89. The van der Waals surface area contributed by atoms with E-state index in [9.17, 15) is 9.59 Å². The third-order valence-electron chi connectivity index (χ3n) is 1.79. The highest BCUT2D eigenvalue weighted by Gasteiger charge is 2.12. The van der Waals surface area contributed by atoms with Gasteiger partial charge in [0, 0.05) is 4.47 Å². The number of carbonyl (C=O) groups is 2. The minimum atomic E-state index is -0.673. The smallest absolute Gasteiger partial charge is 0.278 e. The van der Waals surface area contributed by atoms with Crippen LogP contribution in [0, 0.1) is 0 Å². The monoisotopic (exact) mass is 302 g/mol. The highest BCUT2D eigenvalue weighted by molar-refractivity contribution is 9.10. The molecule has 0 fully saturated rings. The molecule has 7 heteroatoms. The van der Waals surface area contributed by atoms with E-state index in [4.69, 9.17) is 10.5 Å². The molecule has 1 aromatic carbocycles. The van der Waals surface area contributed by atoms with E-state index in [2.05, 4.69) is 26.2 Å². The van der Waals surface area contributed by atoms with Crippen molar-refractivity contribution in [3.05, 3.63) is 28.2 Å². The van der Waals surface area contributed by atoms with Crippen molar-refractivity contribution in [2.75, 3.05) is 13.7 Å². The van der Waals surface area contributed by atoms with Crippen molar-refractivity contribution >= 4 is 27.7 Å². The molecule has 0 saturated carbocycles. The van der Waals surface area contributed by atoms with Crippen molar-refractivity contribution < 1.29 is 19.2 Å². The van der Waals surface area contributed by atoms with Crippen LogP contribution in [0.15, 0.2) is 22.7 Å². The molecule has 0 spiro atoms. The average molecular weight is 303 g/mol. The Morgan fingerprint density at radius 3 is 2.76 bits per heavy atom. The van der Waals surface area contributed by atoms with E-state index >= 15 is 0 Å². The lowest BCUT2D eigenvalue weighted by Crippen LogP contribution is -2.29. The molecule has 2 amide bonds. The van der Waals surface area contributed by atoms with Gasteiger partial charge in [0.25, 0.3) is 5.91 Å². The SMILES string of the molecule is COc1cc(Br)ccc1C(=O)NOCC(N)=O. The molecule has 1 rings (SSSR count). The number of nitrogens with two attached hydrogens (primary N) is 1. The third kappa shape index (κ3) is 4.04. The first-order valence-corrected chi connectivity index (χ1v) is 5.38. The van der Waals surface area contributed by atoms with Gasteiger partial charge in [0.05, 0.1) is 12.7 Å². The van der Waals surface area contributed by atoms with E-state index in [0.717, 1.165) is 4.47 Å². The maximum Gasteiger partial charge on any atom is 0.278 e. The van der Waals surface area contributed by atoms with Crippen LogP contribution >= 0.6 is 15.9 Å². The molecule has 0 aromatic heterocycles. The summed E-state index contributed by atoms with van der Waals surface area (Å²) < 4.78 is 5.82. The minimum absolute atomic E-state index is 0.292. The second-order valence-electron chi connectivity index (χ2n) is 3.03. The molecule has 0 radical (unpaired) electrons. The van der Waals surface area contributed by atoms with Gasteiger partial charge in [0.2, 0.25) is 5.91 Å². The average Bonchev–Trinajstić information content (AvgIpc) is 2.28. The number of nitrogens with one attached hydrogen (secondary N) is 1. The molecule has 0 atom stereocenters. The quantitative estimate of drug-likeness (QED) is 0.780. The molecule has 0 heterocycles. The Morgan fingerprint density at radius 1 is 1.47 bits per heavy atom. The van der Waals surface area contributed by atoms with Gasteiger partial charge >= 0.3 is 0 Å². The molecule has 0 saturated heterocycles. The summed E-state index contributed by atoms with van der Waals surface area (Å²) in [6.45, 7) is -0.384. The summed E-state index contributed by atoms with van der Waals surface area (Å²) in [4.78, 5) is 26.6. The lowest BCUT2D eigenvalue weighted by molar-refractivity contribution is -0.124. The van der Waals surface area contributed by atoms with Gasteiger partial charge in [-0.15, -0.1) is 0 Å². The van der Waals surface area contributed by atoms with Crippen LogP contribution in [-0.2, 0) is 9.63 Å². The maximum atomic E-state index is 11.6. The predicted octanol–water partition coefficient (Wildman–Crippen LogP) is 0.604. The van der Waals surface area contributed by atoms with Crippen molar-refractivity contribution in [3.8, 4) is 5.75 Å². The summed E-state index contributed by atoms with van der Waals surface area (Å²) >= 11 is 3.25. The zero-order valence-corrected chi connectivity index (χ0v) is 10.6. The molecule has 3 N–H and O–H groups in total. The van der Waals surface area contributed by atoms with E-state index in [-0.39, 0.29) is 6.61 Å². The Balaban J connectivity index is 2.71. The van der Waals surface area contributed by atoms with E-state index in [1.807, 2.05) is 0 Å². The molecule has 92 valence electrons. The van der Waals surface area contributed by atoms with Crippen molar-refractivity contribution in [1.82, 2.24) is 5.48 Å². The molecule has 0 aliphatic rings. The Morgan fingerprint density at radius 2 is 2.18 bits per heavy atom. The Labute approximate surface area is 106 Å². The Bertz CT molecular complexity index is 436. The molecule has 0 aliphatic heterocycles. The van der Waals surface area contributed by atoms with Gasteiger partial charge in [0.1, 0.15) is 5.75 Å². The fourth-order valence-corrected chi connectivity index (χ4v) is 1.42. The molecule has 17 heavy (non-hydrogen) atoms. The van der Waals surface area contributed by atoms with E-state index < -0.39 is 11.8 Å². The number of hydroxylamine groups is 1. The van der Waals surface area contributed by atoms with E-state index in [0.29, 0.717) is 11.3 Å². The lowest BCUT2D eigenvalue weighted by Gasteiger charge is -2.08. The van der Waals surface area contributed by atoms with Crippen LogP contribution in [0.25, 0.3) is 0 Å². The van der Waals surface area contributed by atoms with Crippen LogP contribution in [0.5, 0.6) is 5.75 Å². The second-order valence-corrected chi connectivity index (χ2v) is 3.95. The van der Waals surface area contributed by atoms with E-state index in [1.165, 1.54) is 7.11 Å². The molecular formula is C10H11BrN2O4. The van der Waals surface area contributed by atoms with Gasteiger partial charge in [-0.25, -0.2) is 5.48 Å². The first-order valence-electron chi connectivity index (χ1n) is 4.58. The van der Waals surface area contributed by atoms with Crippen molar-refractivity contribution in [2.45, 2.75) is 0 Å². The third-order valence-corrected chi connectivity index (χ3v) is 2.28. The largest absolute Gasteiger partial charge is 0.496 e. The number of carbonyl (C=O) groups excluding carboxylic acids is 2. The summed E-state index contributed by atoms with van der Waals surface area (Å²) in [7, 11) is 1.45. The number of benzene rings is 1. The van der Waals surface area contributed by atoms with Crippen molar-refractivity contribution in [2.24, 2.45) is 5.73 Å². The minimum Gasteiger partial charge on any atom is -0.496 e. The van der Waals surface area contributed by atoms with Gasteiger partial charge in [-0.2, -0.15) is 0 Å². The lowest BCUT2D eigenvalue weighted by atomic mass is 10.2. The molecule has 0 aliphatic carbocycles. The summed E-state index contributed by atoms with van der Waals surface area (Å²) in [5.74, 6) is -0.803. The van der Waals surface area contributed by atoms with Gasteiger partial charge in [-0.1, -0.05) is 15.9 Å². The highest BCUT2D eigenvalue weighted by atomic mass is 79.9. The van der Waals surface area contributed by atoms with Gasteiger partial charge in [-0.05, 0) is 18.2 Å². The number of methoxy groups -OCH3 is 1. The van der Waals surface area contributed by atoms with Crippen molar-refractivity contribution in [1.29, 1.82) is 0 Å². The van der Waals surface area contributed by atoms with E-state index in [1.54, 1.807) is 18.2 Å². The molecule has 6 nitrogen and oxygen atoms in total. The molecule has 0 unspecified atom stereocenters. The van der Waals surface area contributed by atoms with Crippen LogP contribution in [-0.4, -0.2) is 25.5 Å². The number of rotatable bonds is 5. The topological polar surface area (TPSA) is 90.7 Å². The van der Waals surface area contributed by atoms with Gasteiger partial charge < -0.3 is 10.5 Å². The zero-order valence-electron chi connectivity index (χ0n) is 9.03. The number of halogens is 1. The zero-order chi connectivity index (χ0) is 12.8. The van der Waals surface area contributed by atoms with Gasteiger partial charge in [-0.3, -0.25) is 14.4 Å². The number of hydrogen-bond donors (Lipinski definition) is 2. The summed E-state index contributed by atoms with van der Waals surface area (Å²) in [6.07, 6.45) is 0. The molecular weight excluding hydrogens is 292 g/mol. The number of primary amides is 1. The first-order chi connectivity index (χ1) is 8.04. The first kappa shape index (κ1) is 13.5. The second kappa shape index (κ2) is 6.21. The van der Waals surface area contributed by atoms with Crippen LogP contribution in [0.3, 0.4) is 0 Å². The number of amides is 2. The van der Waals surface area contributed by atoms with Crippen LogP contribution < -0.4 is 16.0 Å². The summed E-state index contributed by atoms with van der Waals surface area (Å²) in [5, 5.41) is 0. The fourth-order valence-electron chi connectivity index (χ4n) is 1.08. The van der Waals surface area contributed by atoms with Crippen LogP contribution in [0.2, 0.25) is 0 Å². The fraction of sp³-hybridized carbons (Fsp3) is 0.200. The number of hydrogen-bond acceptors (Lipinski definition) is 4. The maximum absolute atomic E-state index is 11.6.